The van der Waals surface area contributed by atoms with E-state index < -0.39 is 14.3 Å². The standard InChI is InChI=1S/C24H31N6OP.C12H13ClN3OP.C12H19N3/c1-29-12-14-30(15-13-29)21-8-4-19(5-9-21)17-25-23-16-24(27-18-26-23)28-20-6-10-22(11-7-20)32(2,3)31;1-18(2,17)10-5-3-9(4-6-10)16-12-7-11(13)14-8-15-12;1-14-6-8-15(9-7-14)12-4-2-11(10-13)3-5-12/h4-11,16,18H,12-15,17H2,1-3H3,(H2,25,26,27,28);3-8H,1-2H3,(H,14,15,16);2-5H,6-10,13H2,1H3. The lowest BCUT2D eigenvalue weighted by molar-refractivity contribution is 0.313. The van der Waals surface area contributed by atoms with Gasteiger partial charge in [0.2, 0.25) is 0 Å². The third-order valence-electron chi connectivity index (χ3n) is 11.1. The first-order valence-electron chi connectivity index (χ1n) is 21.7. The molecule has 0 spiro atoms. The zero-order chi connectivity index (χ0) is 46.4. The second kappa shape index (κ2) is 23.2. The normalized spacial score (nSPS) is 14.6. The van der Waals surface area contributed by atoms with Crippen LogP contribution in [-0.2, 0) is 22.2 Å². The van der Waals surface area contributed by atoms with Gasteiger partial charge in [-0.1, -0.05) is 35.9 Å². The molecule has 14 nitrogen and oxygen atoms in total. The summed E-state index contributed by atoms with van der Waals surface area (Å²) in [6.45, 7) is 17.3. The fourth-order valence-electron chi connectivity index (χ4n) is 7.02. The molecule has 4 aromatic carbocycles. The number of aromatic nitrogens is 4. The van der Waals surface area contributed by atoms with Gasteiger partial charge in [0.05, 0.1) is 0 Å². The number of likely N-dealkylation sites (N-methyl/N-ethyl adjacent to an activating group) is 2. The largest absolute Gasteiger partial charge is 0.369 e. The van der Waals surface area contributed by atoms with Crippen LogP contribution in [0.4, 0.5) is 40.2 Å². The quantitative estimate of drug-likeness (QED) is 0.0694. The SMILES string of the molecule is CN1CCN(c2ccc(CN)cc2)CC1.CN1CCN(c2ccc(CNc3cc(Nc4ccc(P(C)(C)=O)cc4)ncn3)cc2)CC1.CP(C)(=O)c1ccc(Nc2cc(Cl)ncn2)cc1. The summed E-state index contributed by atoms with van der Waals surface area (Å²) in [5.41, 5.74) is 12.3. The molecule has 0 aliphatic carbocycles. The Labute approximate surface area is 389 Å². The van der Waals surface area contributed by atoms with E-state index in [0.717, 1.165) is 80.2 Å². The van der Waals surface area contributed by atoms with Crippen LogP contribution in [0.25, 0.3) is 0 Å². The van der Waals surface area contributed by atoms with Crippen LogP contribution < -0.4 is 42.1 Å². The number of benzene rings is 4. The first-order valence-corrected chi connectivity index (χ1v) is 27.3. The van der Waals surface area contributed by atoms with E-state index >= 15 is 0 Å². The van der Waals surface area contributed by atoms with Crippen molar-refractivity contribution < 1.29 is 9.13 Å². The van der Waals surface area contributed by atoms with Crippen LogP contribution in [0.3, 0.4) is 0 Å². The van der Waals surface area contributed by atoms with E-state index in [0.29, 0.717) is 29.9 Å². The highest BCUT2D eigenvalue weighted by Crippen LogP contribution is 2.35. The van der Waals surface area contributed by atoms with E-state index in [-0.39, 0.29) is 0 Å². The minimum absolute atomic E-state index is 0.385. The molecule has 65 heavy (non-hydrogen) atoms. The lowest BCUT2D eigenvalue weighted by atomic mass is 10.2. The Balaban J connectivity index is 0.000000178. The van der Waals surface area contributed by atoms with Crippen molar-refractivity contribution in [2.24, 2.45) is 5.73 Å². The highest BCUT2D eigenvalue weighted by molar-refractivity contribution is 7.70. The predicted octanol–water partition coefficient (Wildman–Crippen LogP) is 7.85. The van der Waals surface area contributed by atoms with Gasteiger partial charge in [-0.3, -0.25) is 0 Å². The smallest absolute Gasteiger partial charge is 0.135 e. The number of piperazine rings is 2. The zero-order valence-electron chi connectivity index (χ0n) is 38.4. The van der Waals surface area contributed by atoms with Crippen LogP contribution in [0.2, 0.25) is 5.15 Å². The molecular formula is C48H63ClN12O2P2. The Kier molecular flexibility index (Phi) is 17.5. The summed E-state index contributed by atoms with van der Waals surface area (Å²) in [6, 6.07) is 35.9. The molecule has 2 aromatic heterocycles. The van der Waals surface area contributed by atoms with Gasteiger partial charge in [0.25, 0.3) is 0 Å². The number of anilines is 7. The summed E-state index contributed by atoms with van der Waals surface area (Å²) in [7, 11) is -0.103. The van der Waals surface area contributed by atoms with E-state index in [2.05, 4.69) is 118 Å². The van der Waals surface area contributed by atoms with E-state index in [9.17, 15) is 9.13 Å². The topological polar surface area (TPSA) is 161 Å². The third-order valence-corrected chi connectivity index (χ3v) is 14.4. The molecule has 0 saturated carbocycles. The highest BCUT2D eigenvalue weighted by atomic mass is 35.5. The van der Waals surface area contributed by atoms with Crippen molar-refractivity contribution in [3.63, 3.8) is 0 Å². The lowest BCUT2D eigenvalue weighted by Gasteiger charge is -2.34. The first kappa shape index (κ1) is 49.1. The Morgan fingerprint density at radius 1 is 0.538 bits per heavy atom. The van der Waals surface area contributed by atoms with Crippen molar-refractivity contribution in [3.05, 3.63) is 138 Å². The van der Waals surface area contributed by atoms with Crippen molar-refractivity contribution in [1.29, 1.82) is 0 Å². The number of hydrogen-bond acceptors (Lipinski definition) is 14. The molecule has 344 valence electrons. The van der Waals surface area contributed by atoms with Gasteiger partial charge in [0.1, 0.15) is 49.5 Å². The van der Waals surface area contributed by atoms with Crippen LogP contribution in [0.5, 0.6) is 0 Å². The summed E-state index contributed by atoms with van der Waals surface area (Å²) >= 11 is 5.77. The average Bonchev–Trinajstić information content (AvgIpc) is 3.29. The maximum absolute atomic E-state index is 12.2. The summed E-state index contributed by atoms with van der Waals surface area (Å²) < 4.78 is 24.0. The Morgan fingerprint density at radius 3 is 1.35 bits per heavy atom. The van der Waals surface area contributed by atoms with Gasteiger partial charge in [-0.2, -0.15) is 0 Å². The van der Waals surface area contributed by atoms with Crippen molar-refractivity contribution in [1.82, 2.24) is 29.7 Å². The Bertz CT molecular complexity index is 2490. The Morgan fingerprint density at radius 2 is 0.938 bits per heavy atom. The molecule has 0 radical (unpaired) electrons. The molecule has 5 N–H and O–H groups in total. The van der Waals surface area contributed by atoms with Crippen LogP contribution >= 0.6 is 25.9 Å². The number of nitrogens with one attached hydrogen (secondary N) is 3. The third kappa shape index (κ3) is 15.7. The van der Waals surface area contributed by atoms with E-state index in [1.807, 2.05) is 54.6 Å². The molecule has 17 heteroatoms. The minimum atomic E-state index is -2.25. The molecule has 2 aliphatic rings. The molecule has 0 atom stereocenters. The van der Waals surface area contributed by atoms with Crippen LogP contribution in [0.15, 0.2) is 122 Å². The first-order chi connectivity index (χ1) is 31.1. The number of nitrogens with two attached hydrogens (primary N) is 1. The van der Waals surface area contributed by atoms with Crippen LogP contribution in [0.1, 0.15) is 11.1 Å². The fraction of sp³-hybridized carbons (Fsp3) is 0.333. The minimum Gasteiger partial charge on any atom is -0.369 e. The van der Waals surface area contributed by atoms with E-state index in [1.54, 1.807) is 39.1 Å². The van der Waals surface area contributed by atoms with Crippen LogP contribution in [0, 0.1) is 0 Å². The number of rotatable bonds is 12. The van der Waals surface area contributed by atoms with E-state index in [4.69, 9.17) is 17.3 Å². The van der Waals surface area contributed by atoms with Gasteiger partial charge in [-0.15, -0.1) is 0 Å². The molecule has 0 unspecified atom stereocenters. The predicted molar refractivity (Wildman–Crippen MR) is 274 cm³/mol. The summed E-state index contributed by atoms with van der Waals surface area (Å²) in [6.07, 6.45) is 2.94. The van der Waals surface area contributed by atoms with Gasteiger partial charge in [0, 0.05) is 111 Å². The number of nitrogens with zero attached hydrogens (tertiary/aromatic N) is 8. The van der Waals surface area contributed by atoms with Gasteiger partial charge < -0.3 is 50.4 Å². The monoisotopic (exact) mass is 936 g/mol. The molecule has 6 aromatic rings. The summed E-state index contributed by atoms with van der Waals surface area (Å²) in [5.74, 6) is 2.09. The van der Waals surface area contributed by atoms with Crippen molar-refractivity contribution >= 4 is 76.7 Å². The maximum atomic E-state index is 12.2. The fourth-order valence-corrected chi connectivity index (χ4v) is 8.90. The van der Waals surface area contributed by atoms with Gasteiger partial charge in [-0.25, -0.2) is 19.9 Å². The summed E-state index contributed by atoms with van der Waals surface area (Å²) in [4.78, 5) is 26.1. The number of halogens is 1. The number of hydrogen-bond donors (Lipinski definition) is 4. The van der Waals surface area contributed by atoms with E-state index in [1.165, 1.54) is 28.8 Å². The molecular weight excluding hydrogens is 874 g/mol. The Hall–Kier alpha value is -5.33. The second-order valence-electron chi connectivity index (χ2n) is 17.0. The van der Waals surface area contributed by atoms with Crippen molar-refractivity contribution in [2.75, 3.05) is 119 Å². The second-order valence-corrected chi connectivity index (χ2v) is 23.9. The molecule has 0 bridgehead atoms. The summed E-state index contributed by atoms with van der Waals surface area (Å²) in [5, 5.41) is 11.9. The molecule has 2 aliphatic heterocycles. The average molecular weight is 938 g/mol. The highest BCUT2D eigenvalue weighted by Gasteiger charge is 2.16. The van der Waals surface area contributed by atoms with Crippen LogP contribution in [-0.4, -0.2) is 123 Å². The van der Waals surface area contributed by atoms with Gasteiger partial charge in [-0.05, 0) is 125 Å². The van der Waals surface area contributed by atoms with Crippen molar-refractivity contribution in [2.45, 2.75) is 13.1 Å². The zero-order valence-corrected chi connectivity index (χ0v) is 40.9. The molecule has 0 amide bonds. The maximum Gasteiger partial charge on any atom is 0.135 e. The molecule has 4 heterocycles. The lowest BCUT2D eigenvalue weighted by Crippen LogP contribution is -2.44. The molecule has 2 saturated heterocycles. The molecule has 8 rings (SSSR count). The van der Waals surface area contributed by atoms with Crippen molar-refractivity contribution in [3.8, 4) is 0 Å². The van der Waals surface area contributed by atoms with Gasteiger partial charge >= 0.3 is 0 Å². The van der Waals surface area contributed by atoms with Gasteiger partial charge in [0.15, 0.2) is 0 Å². The molecule has 2 fully saturated rings.